The molecule has 0 saturated carbocycles. The summed E-state index contributed by atoms with van der Waals surface area (Å²) >= 11 is 0. The van der Waals surface area contributed by atoms with Crippen LogP contribution in [0.5, 0.6) is 0 Å². The zero-order valence-corrected chi connectivity index (χ0v) is 24.7. The molecule has 218 valence electrons. The van der Waals surface area contributed by atoms with Crippen molar-refractivity contribution in [2.45, 2.75) is 142 Å². The smallest absolute Gasteiger partial charge is 0.220 e. The van der Waals surface area contributed by atoms with Gasteiger partial charge in [0, 0.05) is 6.42 Å². The van der Waals surface area contributed by atoms with Gasteiger partial charge in [-0.25, -0.2) is 0 Å². The van der Waals surface area contributed by atoms with Crippen LogP contribution in [-0.4, -0.2) is 34.9 Å². The number of amides is 1. The summed E-state index contributed by atoms with van der Waals surface area (Å²) < 4.78 is 0. The number of carbonyl (C=O) groups excluding carboxylic acids is 1. The van der Waals surface area contributed by atoms with Gasteiger partial charge in [0.1, 0.15) is 0 Å². The normalized spacial score (nSPS) is 14.1. The molecule has 38 heavy (non-hydrogen) atoms. The van der Waals surface area contributed by atoms with E-state index in [0.717, 1.165) is 38.5 Å². The fraction of sp³-hybridized carbons (Fsp3) is 0.676. The van der Waals surface area contributed by atoms with Crippen molar-refractivity contribution in [2.24, 2.45) is 0 Å². The Labute approximate surface area is 235 Å². The molecule has 0 radical (unpaired) electrons. The Balaban J connectivity index is 3.89. The van der Waals surface area contributed by atoms with E-state index in [1.165, 1.54) is 64.2 Å². The minimum Gasteiger partial charge on any atom is -0.394 e. The number of rotatable bonds is 26. The molecule has 1 amide bonds. The Morgan fingerprint density at radius 3 is 1.74 bits per heavy atom. The predicted octanol–water partition coefficient (Wildman–Crippen LogP) is 8.67. The van der Waals surface area contributed by atoms with Gasteiger partial charge in [0.2, 0.25) is 5.91 Å². The highest BCUT2D eigenvalue weighted by atomic mass is 16.3. The van der Waals surface area contributed by atoms with E-state index in [-0.39, 0.29) is 12.5 Å². The van der Waals surface area contributed by atoms with Gasteiger partial charge in [-0.1, -0.05) is 120 Å². The summed E-state index contributed by atoms with van der Waals surface area (Å²) in [7, 11) is 0. The summed E-state index contributed by atoms with van der Waals surface area (Å²) in [4.78, 5) is 12.2. The van der Waals surface area contributed by atoms with E-state index in [0.29, 0.717) is 12.8 Å². The van der Waals surface area contributed by atoms with E-state index in [9.17, 15) is 15.0 Å². The SMILES string of the molecule is CCCCC/C=C/CC/C=C/CC/C=C/C(O)C(CO)NC(=O)CC/C=C\C/C=C\CCCCCCCC. The number of aliphatic hydroxyl groups excluding tert-OH is 2. The summed E-state index contributed by atoms with van der Waals surface area (Å²) in [5.74, 6) is -0.151. The van der Waals surface area contributed by atoms with Crippen LogP contribution in [0, 0.1) is 0 Å². The molecule has 0 heterocycles. The lowest BCUT2D eigenvalue weighted by molar-refractivity contribution is -0.122. The third-order valence-electron chi connectivity index (χ3n) is 6.46. The van der Waals surface area contributed by atoms with Crippen LogP contribution in [0.3, 0.4) is 0 Å². The molecule has 0 aliphatic heterocycles. The van der Waals surface area contributed by atoms with Gasteiger partial charge < -0.3 is 15.5 Å². The van der Waals surface area contributed by atoms with Crippen molar-refractivity contribution in [3.63, 3.8) is 0 Å². The van der Waals surface area contributed by atoms with Crippen molar-refractivity contribution >= 4 is 5.91 Å². The fourth-order valence-electron chi connectivity index (χ4n) is 4.02. The first-order valence-electron chi connectivity index (χ1n) is 15.5. The van der Waals surface area contributed by atoms with E-state index >= 15 is 0 Å². The lowest BCUT2D eigenvalue weighted by Crippen LogP contribution is -2.45. The zero-order valence-electron chi connectivity index (χ0n) is 24.7. The van der Waals surface area contributed by atoms with Gasteiger partial charge in [0.05, 0.1) is 18.8 Å². The van der Waals surface area contributed by atoms with Gasteiger partial charge in [0.25, 0.3) is 0 Å². The second-order valence-corrected chi connectivity index (χ2v) is 10.1. The van der Waals surface area contributed by atoms with Crippen molar-refractivity contribution in [2.75, 3.05) is 6.61 Å². The van der Waals surface area contributed by atoms with E-state index in [1.807, 2.05) is 12.2 Å². The number of unbranched alkanes of at least 4 members (excludes halogenated alkanes) is 11. The number of hydrogen-bond donors (Lipinski definition) is 3. The van der Waals surface area contributed by atoms with Gasteiger partial charge in [-0.2, -0.15) is 0 Å². The van der Waals surface area contributed by atoms with Crippen LogP contribution in [-0.2, 0) is 4.79 Å². The lowest BCUT2D eigenvalue weighted by Gasteiger charge is -2.19. The molecule has 2 atom stereocenters. The minimum atomic E-state index is -0.891. The van der Waals surface area contributed by atoms with Crippen molar-refractivity contribution < 1.29 is 15.0 Å². The standard InChI is InChI=1S/C34H59NO3/c1-3-5-7-9-11-13-15-17-19-21-23-25-27-29-33(37)32(31-36)35-34(38)30-28-26-24-22-20-18-16-14-12-10-8-6-4-2/h11,13,18-21,24,26-27,29,32-33,36-37H,3-10,12,14-17,22-23,25,28,30-31H2,1-2H3,(H,35,38)/b13-11+,20-18-,21-19+,26-24-,29-27+. The number of aliphatic hydroxyl groups is 2. The molecule has 3 N–H and O–H groups in total. The minimum absolute atomic E-state index is 0.151. The second-order valence-electron chi connectivity index (χ2n) is 10.1. The number of allylic oxidation sites excluding steroid dienone is 9. The molecule has 0 saturated heterocycles. The molecule has 0 aromatic carbocycles. The Hall–Kier alpha value is -1.91. The first kappa shape index (κ1) is 36.1. The van der Waals surface area contributed by atoms with Gasteiger partial charge in [-0.3, -0.25) is 4.79 Å². The summed E-state index contributed by atoms with van der Waals surface area (Å²) in [5, 5.41) is 22.6. The number of hydrogen-bond acceptors (Lipinski definition) is 3. The van der Waals surface area contributed by atoms with E-state index in [2.05, 4.69) is 61.7 Å². The molecular weight excluding hydrogens is 470 g/mol. The van der Waals surface area contributed by atoms with Crippen molar-refractivity contribution in [1.29, 1.82) is 0 Å². The second kappa shape index (κ2) is 29.6. The highest BCUT2D eigenvalue weighted by Crippen LogP contribution is 2.08. The van der Waals surface area contributed by atoms with Crippen LogP contribution in [0.1, 0.15) is 129 Å². The summed E-state index contributed by atoms with van der Waals surface area (Å²) in [6, 6.07) is -0.674. The third kappa shape index (κ3) is 25.7. The Kier molecular flexibility index (Phi) is 28.2. The summed E-state index contributed by atoms with van der Waals surface area (Å²) in [6.07, 6.45) is 40.1. The third-order valence-corrected chi connectivity index (χ3v) is 6.46. The molecule has 0 aromatic rings. The molecule has 0 fully saturated rings. The van der Waals surface area contributed by atoms with Crippen LogP contribution >= 0.6 is 0 Å². The fourth-order valence-corrected chi connectivity index (χ4v) is 4.02. The maximum Gasteiger partial charge on any atom is 0.220 e. The molecule has 0 spiro atoms. The maximum atomic E-state index is 12.2. The molecule has 0 aromatic heterocycles. The monoisotopic (exact) mass is 529 g/mol. The lowest BCUT2D eigenvalue weighted by atomic mass is 10.1. The van der Waals surface area contributed by atoms with E-state index in [4.69, 9.17) is 0 Å². The average Bonchev–Trinajstić information content (AvgIpc) is 2.92. The Morgan fingerprint density at radius 2 is 1.11 bits per heavy atom. The van der Waals surface area contributed by atoms with Crippen molar-refractivity contribution in [3.8, 4) is 0 Å². The molecular formula is C34H59NO3. The molecule has 4 heteroatoms. The highest BCUT2D eigenvalue weighted by Gasteiger charge is 2.17. The predicted molar refractivity (Wildman–Crippen MR) is 165 cm³/mol. The van der Waals surface area contributed by atoms with Crippen LogP contribution in [0.25, 0.3) is 0 Å². The zero-order chi connectivity index (χ0) is 27.9. The molecule has 0 aliphatic rings. The van der Waals surface area contributed by atoms with Gasteiger partial charge >= 0.3 is 0 Å². The van der Waals surface area contributed by atoms with Gasteiger partial charge in [0.15, 0.2) is 0 Å². The number of nitrogens with one attached hydrogen (secondary N) is 1. The highest BCUT2D eigenvalue weighted by molar-refractivity contribution is 5.76. The van der Waals surface area contributed by atoms with Crippen LogP contribution in [0.4, 0.5) is 0 Å². The van der Waals surface area contributed by atoms with Crippen LogP contribution in [0.15, 0.2) is 60.8 Å². The topological polar surface area (TPSA) is 69.6 Å². The first-order valence-corrected chi connectivity index (χ1v) is 15.5. The van der Waals surface area contributed by atoms with Crippen molar-refractivity contribution in [3.05, 3.63) is 60.8 Å². The average molecular weight is 530 g/mol. The first-order chi connectivity index (χ1) is 18.7. The van der Waals surface area contributed by atoms with Crippen LogP contribution < -0.4 is 5.32 Å². The van der Waals surface area contributed by atoms with E-state index in [1.54, 1.807) is 6.08 Å². The Morgan fingerprint density at radius 1 is 0.632 bits per heavy atom. The molecule has 4 nitrogen and oxygen atoms in total. The molecule has 0 bridgehead atoms. The van der Waals surface area contributed by atoms with Gasteiger partial charge in [-0.15, -0.1) is 0 Å². The van der Waals surface area contributed by atoms with Crippen LogP contribution in [0.2, 0.25) is 0 Å². The maximum absolute atomic E-state index is 12.2. The quantitative estimate of drug-likeness (QED) is 0.0775. The van der Waals surface area contributed by atoms with Crippen molar-refractivity contribution in [1.82, 2.24) is 5.32 Å². The summed E-state index contributed by atoms with van der Waals surface area (Å²) in [5.41, 5.74) is 0. The summed E-state index contributed by atoms with van der Waals surface area (Å²) in [6.45, 7) is 4.18. The van der Waals surface area contributed by atoms with Gasteiger partial charge in [-0.05, 0) is 64.2 Å². The largest absolute Gasteiger partial charge is 0.394 e. The molecule has 0 rings (SSSR count). The molecule has 2 unspecified atom stereocenters. The number of carbonyl (C=O) groups is 1. The molecule has 0 aliphatic carbocycles. The Bertz CT molecular complexity index is 663. The van der Waals surface area contributed by atoms with E-state index < -0.39 is 12.1 Å².